The molecule has 0 radical (unpaired) electrons. The maximum atomic E-state index is 12.3. The Kier molecular flexibility index (Phi) is 4.11. The summed E-state index contributed by atoms with van der Waals surface area (Å²) < 4.78 is 1.70. The number of aliphatic carboxylic acids is 1. The molecule has 0 aromatic carbocycles. The number of rotatable bonds is 3. The van der Waals surface area contributed by atoms with E-state index in [2.05, 4.69) is 10.4 Å². The fourth-order valence-corrected chi connectivity index (χ4v) is 2.84. The zero-order valence-electron chi connectivity index (χ0n) is 12.1. The second-order valence-corrected chi connectivity index (χ2v) is 5.53. The third kappa shape index (κ3) is 2.84. The molecular formula is C14H21N3O3. The van der Waals surface area contributed by atoms with Gasteiger partial charge in [-0.2, -0.15) is 5.10 Å². The van der Waals surface area contributed by atoms with Gasteiger partial charge in [0.25, 0.3) is 5.91 Å². The molecule has 1 saturated carbocycles. The molecule has 0 unspecified atom stereocenters. The largest absolute Gasteiger partial charge is 0.481 e. The maximum Gasteiger partial charge on any atom is 0.306 e. The molecule has 2 rings (SSSR count). The molecule has 1 aromatic rings. The first-order valence-corrected chi connectivity index (χ1v) is 6.94. The summed E-state index contributed by atoms with van der Waals surface area (Å²) in [6.07, 6.45) is 2.71. The minimum atomic E-state index is -0.728. The van der Waals surface area contributed by atoms with Gasteiger partial charge in [-0.3, -0.25) is 14.3 Å². The molecule has 6 nitrogen and oxygen atoms in total. The van der Waals surface area contributed by atoms with Crippen LogP contribution in [0.3, 0.4) is 0 Å². The van der Waals surface area contributed by atoms with Crippen molar-refractivity contribution < 1.29 is 14.7 Å². The van der Waals surface area contributed by atoms with E-state index in [9.17, 15) is 9.59 Å². The average Bonchev–Trinajstić information content (AvgIpc) is 2.63. The van der Waals surface area contributed by atoms with Crippen LogP contribution in [0.25, 0.3) is 0 Å². The van der Waals surface area contributed by atoms with Crippen LogP contribution >= 0.6 is 0 Å². The molecule has 0 bridgehead atoms. The van der Waals surface area contributed by atoms with E-state index >= 15 is 0 Å². The van der Waals surface area contributed by atoms with E-state index in [1.807, 2.05) is 20.9 Å². The second kappa shape index (κ2) is 5.64. The molecule has 0 spiro atoms. The molecule has 1 aromatic heterocycles. The number of nitrogens with zero attached hydrogens (tertiary/aromatic N) is 2. The Morgan fingerprint density at radius 2 is 1.85 bits per heavy atom. The Hall–Kier alpha value is -1.85. The predicted octanol–water partition coefficient (Wildman–Crippen LogP) is 1.41. The van der Waals surface area contributed by atoms with Crippen molar-refractivity contribution >= 4 is 11.9 Å². The van der Waals surface area contributed by atoms with E-state index in [0.29, 0.717) is 18.4 Å². The molecule has 1 aliphatic carbocycles. The molecular weight excluding hydrogens is 258 g/mol. The molecule has 1 amide bonds. The number of carboxylic acids is 1. The van der Waals surface area contributed by atoms with E-state index in [4.69, 9.17) is 5.11 Å². The van der Waals surface area contributed by atoms with Gasteiger partial charge in [-0.05, 0) is 39.5 Å². The van der Waals surface area contributed by atoms with Crippen molar-refractivity contribution in [3.8, 4) is 0 Å². The first-order chi connectivity index (χ1) is 9.40. The Morgan fingerprint density at radius 3 is 2.30 bits per heavy atom. The number of amides is 1. The number of carbonyl (C=O) groups excluding carboxylic acids is 1. The van der Waals surface area contributed by atoms with Crippen LogP contribution in [0.2, 0.25) is 0 Å². The molecule has 1 fully saturated rings. The van der Waals surface area contributed by atoms with Crippen molar-refractivity contribution in [2.24, 2.45) is 13.0 Å². The van der Waals surface area contributed by atoms with Crippen LogP contribution in [0.1, 0.15) is 47.4 Å². The molecule has 0 aliphatic heterocycles. The van der Waals surface area contributed by atoms with E-state index < -0.39 is 5.97 Å². The third-order valence-electron chi connectivity index (χ3n) is 4.15. The molecule has 6 heteroatoms. The zero-order chi connectivity index (χ0) is 14.9. The van der Waals surface area contributed by atoms with Crippen LogP contribution < -0.4 is 5.32 Å². The summed E-state index contributed by atoms with van der Waals surface area (Å²) in [5.41, 5.74) is 2.20. The van der Waals surface area contributed by atoms with Gasteiger partial charge in [0, 0.05) is 18.8 Å². The van der Waals surface area contributed by atoms with Crippen LogP contribution in [0.15, 0.2) is 0 Å². The monoisotopic (exact) mass is 279 g/mol. The topological polar surface area (TPSA) is 84.2 Å². The minimum Gasteiger partial charge on any atom is -0.481 e. The van der Waals surface area contributed by atoms with Crippen molar-refractivity contribution in [1.29, 1.82) is 0 Å². The van der Waals surface area contributed by atoms with Gasteiger partial charge in [0.15, 0.2) is 0 Å². The fraction of sp³-hybridized carbons (Fsp3) is 0.643. The fourth-order valence-electron chi connectivity index (χ4n) is 2.84. The standard InChI is InChI=1S/C14H21N3O3/c1-8-12(9(2)17(3)16-8)13(18)15-11-6-4-10(5-7-11)14(19)20/h10-11H,4-7H2,1-3H3,(H,15,18)(H,19,20). The Balaban J connectivity index is 1.98. The number of carboxylic acid groups (broad SMARTS) is 1. The number of hydrogen-bond donors (Lipinski definition) is 2. The van der Waals surface area contributed by atoms with Crippen molar-refractivity contribution in [3.63, 3.8) is 0 Å². The van der Waals surface area contributed by atoms with Crippen LogP contribution in [0.5, 0.6) is 0 Å². The van der Waals surface area contributed by atoms with E-state index in [1.165, 1.54) is 0 Å². The lowest BCUT2D eigenvalue weighted by Gasteiger charge is -2.26. The smallest absolute Gasteiger partial charge is 0.306 e. The van der Waals surface area contributed by atoms with Crippen LogP contribution in [0, 0.1) is 19.8 Å². The highest BCUT2D eigenvalue weighted by Gasteiger charge is 2.28. The van der Waals surface area contributed by atoms with E-state index in [-0.39, 0.29) is 17.9 Å². The van der Waals surface area contributed by atoms with Gasteiger partial charge in [-0.25, -0.2) is 0 Å². The maximum absolute atomic E-state index is 12.3. The van der Waals surface area contributed by atoms with Gasteiger partial charge >= 0.3 is 5.97 Å². The Bertz CT molecular complexity index is 528. The van der Waals surface area contributed by atoms with Crippen molar-refractivity contribution in [3.05, 3.63) is 17.0 Å². The number of hydrogen-bond acceptors (Lipinski definition) is 3. The van der Waals surface area contributed by atoms with E-state index in [0.717, 1.165) is 24.2 Å². The summed E-state index contributed by atoms with van der Waals surface area (Å²) in [7, 11) is 1.82. The highest BCUT2D eigenvalue weighted by molar-refractivity contribution is 5.96. The lowest BCUT2D eigenvalue weighted by Crippen LogP contribution is -2.39. The normalized spacial score (nSPS) is 22.6. The van der Waals surface area contributed by atoms with Crippen LogP contribution in [0.4, 0.5) is 0 Å². The molecule has 110 valence electrons. The number of aromatic nitrogens is 2. The second-order valence-electron chi connectivity index (χ2n) is 5.53. The number of carbonyl (C=O) groups is 2. The highest BCUT2D eigenvalue weighted by Crippen LogP contribution is 2.25. The van der Waals surface area contributed by atoms with Gasteiger partial charge in [0.05, 0.1) is 17.2 Å². The summed E-state index contributed by atoms with van der Waals surface area (Å²) >= 11 is 0. The average molecular weight is 279 g/mol. The van der Waals surface area contributed by atoms with Crippen LogP contribution in [-0.4, -0.2) is 32.8 Å². The molecule has 0 atom stereocenters. The van der Waals surface area contributed by atoms with Gasteiger partial charge < -0.3 is 10.4 Å². The van der Waals surface area contributed by atoms with E-state index in [1.54, 1.807) is 4.68 Å². The summed E-state index contributed by atoms with van der Waals surface area (Å²) in [5.74, 6) is -1.09. The quantitative estimate of drug-likeness (QED) is 0.876. The SMILES string of the molecule is Cc1nn(C)c(C)c1C(=O)NC1CCC(C(=O)O)CC1. The van der Waals surface area contributed by atoms with Crippen LogP contribution in [-0.2, 0) is 11.8 Å². The minimum absolute atomic E-state index is 0.0668. The van der Waals surface area contributed by atoms with Gasteiger partial charge in [0.1, 0.15) is 0 Å². The third-order valence-corrected chi connectivity index (χ3v) is 4.15. The predicted molar refractivity (Wildman–Crippen MR) is 73.5 cm³/mol. The van der Waals surface area contributed by atoms with Crippen molar-refractivity contribution in [2.75, 3.05) is 0 Å². The first-order valence-electron chi connectivity index (χ1n) is 6.94. The van der Waals surface area contributed by atoms with Crippen molar-refractivity contribution in [2.45, 2.75) is 45.6 Å². The number of nitrogens with one attached hydrogen (secondary N) is 1. The summed E-state index contributed by atoms with van der Waals surface area (Å²) in [6, 6.07) is 0.0668. The van der Waals surface area contributed by atoms with Gasteiger partial charge in [0.2, 0.25) is 0 Å². The lowest BCUT2D eigenvalue weighted by molar-refractivity contribution is -0.142. The van der Waals surface area contributed by atoms with Gasteiger partial charge in [-0.1, -0.05) is 0 Å². The summed E-state index contributed by atoms with van der Waals surface area (Å²) in [5, 5.41) is 16.2. The summed E-state index contributed by atoms with van der Waals surface area (Å²) in [4.78, 5) is 23.2. The zero-order valence-corrected chi connectivity index (χ0v) is 12.1. The lowest BCUT2D eigenvalue weighted by atomic mass is 9.86. The Morgan fingerprint density at radius 1 is 1.25 bits per heavy atom. The number of aryl methyl sites for hydroxylation is 2. The highest BCUT2D eigenvalue weighted by atomic mass is 16.4. The Labute approximate surface area is 118 Å². The molecule has 0 saturated heterocycles. The molecule has 2 N–H and O–H groups in total. The molecule has 20 heavy (non-hydrogen) atoms. The molecule has 1 heterocycles. The first kappa shape index (κ1) is 14.6. The van der Waals surface area contributed by atoms with Gasteiger partial charge in [-0.15, -0.1) is 0 Å². The summed E-state index contributed by atoms with van der Waals surface area (Å²) in [6.45, 7) is 3.69. The molecule has 1 aliphatic rings. The van der Waals surface area contributed by atoms with Crippen molar-refractivity contribution in [1.82, 2.24) is 15.1 Å².